The van der Waals surface area contributed by atoms with Crippen molar-refractivity contribution in [2.45, 2.75) is 18.4 Å². The first-order valence-electron chi connectivity index (χ1n) is 5.64. The van der Waals surface area contributed by atoms with E-state index in [1.54, 1.807) is 12.1 Å². The molecule has 2 atom stereocenters. The van der Waals surface area contributed by atoms with Crippen LogP contribution in [0.25, 0.3) is 0 Å². The summed E-state index contributed by atoms with van der Waals surface area (Å²) in [7, 11) is -3.59. The fraction of sp³-hybridized carbons (Fsp3) is 0.417. The Balaban J connectivity index is 2.13. The average Bonchev–Trinajstić information content (AvgIpc) is 2.68. The topological polar surface area (TPSA) is 69.7 Å². The van der Waals surface area contributed by atoms with Gasteiger partial charge in [-0.05, 0) is 17.7 Å². The second-order valence-corrected chi connectivity index (χ2v) is 6.02. The van der Waals surface area contributed by atoms with E-state index >= 15 is 0 Å². The number of ether oxygens (including phenoxy) is 1. The van der Waals surface area contributed by atoms with Crippen LogP contribution in [0.5, 0.6) is 0 Å². The quantitative estimate of drug-likeness (QED) is 0.615. The molecule has 0 aliphatic carbocycles. The SMILES string of the molecule is CS(=O)(=O)OC[C@@H]1OC(=O)C[C@H]1c1ccc(F)cc1. The first-order chi connectivity index (χ1) is 8.85. The predicted molar refractivity (Wildman–Crippen MR) is 64.4 cm³/mol. The van der Waals surface area contributed by atoms with Gasteiger partial charge in [-0.2, -0.15) is 8.42 Å². The van der Waals surface area contributed by atoms with Crippen molar-refractivity contribution in [1.82, 2.24) is 0 Å². The normalized spacial score (nSPS) is 23.4. The van der Waals surface area contributed by atoms with Gasteiger partial charge < -0.3 is 4.74 Å². The summed E-state index contributed by atoms with van der Waals surface area (Å²) in [5, 5.41) is 0. The summed E-state index contributed by atoms with van der Waals surface area (Å²) in [4.78, 5) is 11.3. The molecular formula is C12H13FO5S. The second-order valence-electron chi connectivity index (χ2n) is 4.38. The highest BCUT2D eigenvalue weighted by Gasteiger charge is 2.36. The van der Waals surface area contributed by atoms with Crippen molar-refractivity contribution in [3.05, 3.63) is 35.6 Å². The van der Waals surface area contributed by atoms with Gasteiger partial charge in [-0.3, -0.25) is 8.98 Å². The molecule has 0 spiro atoms. The molecule has 0 aromatic heterocycles. The lowest BCUT2D eigenvalue weighted by Crippen LogP contribution is -2.23. The fourth-order valence-corrected chi connectivity index (χ4v) is 2.37. The summed E-state index contributed by atoms with van der Waals surface area (Å²) < 4.78 is 44.4. The Labute approximate surface area is 110 Å². The number of carbonyl (C=O) groups excluding carboxylic acids is 1. The van der Waals surface area contributed by atoms with E-state index in [-0.39, 0.29) is 24.8 Å². The first-order valence-corrected chi connectivity index (χ1v) is 7.46. The van der Waals surface area contributed by atoms with E-state index in [2.05, 4.69) is 4.18 Å². The van der Waals surface area contributed by atoms with E-state index in [9.17, 15) is 17.6 Å². The molecule has 1 aliphatic rings. The highest BCUT2D eigenvalue weighted by atomic mass is 32.2. The summed E-state index contributed by atoms with van der Waals surface area (Å²) in [6, 6.07) is 5.67. The van der Waals surface area contributed by atoms with E-state index in [1.807, 2.05) is 0 Å². The molecule has 0 bridgehead atoms. The maximum absolute atomic E-state index is 12.8. The summed E-state index contributed by atoms with van der Waals surface area (Å²) in [6.07, 6.45) is 0.382. The van der Waals surface area contributed by atoms with E-state index in [4.69, 9.17) is 4.74 Å². The van der Waals surface area contributed by atoms with Crippen LogP contribution in [0.3, 0.4) is 0 Å². The zero-order chi connectivity index (χ0) is 14.0. The van der Waals surface area contributed by atoms with Gasteiger partial charge in [0, 0.05) is 5.92 Å². The molecule has 0 amide bonds. The molecule has 1 aliphatic heterocycles. The lowest BCUT2D eigenvalue weighted by Gasteiger charge is -2.17. The zero-order valence-corrected chi connectivity index (χ0v) is 11.0. The lowest BCUT2D eigenvalue weighted by atomic mass is 9.93. The van der Waals surface area contributed by atoms with Crippen LogP contribution in [-0.2, 0) is 23.8 Å². The van der Waals surface area contributed by atoms with Crippen molar-refractivity contribution >= 4 is 16.1 Å². The summed E-state index contributed by atoms with van der Waals surface area (Å²) in [5.41, 5.74) is 0.717. The third-order valence-corrected chi connectivity index (χ3v) is 3.43. The van der Waals surface area contributed by atoms with Gasteiger partial charge in [-0.15, -0.1) is 0 Å². The molecule has 7 heteroatoms. The van der Waals surface area contributed by atoms with Crippen LogP contribution in [0.2, 0.25) is 0 Å². The van der Waals surface area contributed by atoms with Gasteiger partial charge in [0.25, 0.3) is 10.1 Å². The van der Waals surface area contributed by atoms with Gasteiger partial charge in [-0.25, -0.2) is 4.39 Å². The van der Waals surface area contributed by atoms with Gasteiger partial charge in [0.05, 0.1) is 12.7 Å². The van der Waals surface area contributed by atoms with E-state index < -0.39 is 22.2 Å². The molecule has 0 radical (unpaired) electrons. The number of halogens is 1. The molecule has 2 rings (SSSR count). The van der Waals surface area contributed by atoms with Crippen LogP contribution in [0, 0.1) is 5.82 Å². The molecule has 19 heavy (non-hydrogen) atoms. The molecule has 0 unspecified atom stereocenters. The third kappa shape index (κ3) is 3.74. The third-order valence-electron chi connectivity index (χ3n) is 2.86. The summed E-state index contributed by atoms with van der Waals surface area (Å²) in [5.74, 6) is -1.12. The predicted octanol–water partition coefficient (Wildman–Crippen LogP) is 1.20. The smallest absolute Gasteiger partial charge is 0.306 e. The van der Waals surface area contributed by atoms with Crippen molar-refractivity contribution in [2.24, 2.45) is 0 Å². The molecule has 1 aromatic carbocycles. The number of hydrogen-bond donors (Lipinski definition) is 0. The number of hydrogen-bond acceptors (Lipinski definition) is 5. The molecule has 1 heterocycles. The van der Waals surface area contributed by atoms with E-state index in [0.717, 1.165) is 6.26 Å². The molecule has 0 N–H and O–H groups in total. The number of cyclic esters (lactones) is 1. The number of benzene rings is 1. The van der Waals surface area contributed by atoms with Crippen LogP contribution in [0.1, 0.15) is 17.9 Å². The highest BCUT2D eigenvalue weighted by Crippen LogP contribution is 2.32. The van der Waals surface area contributed by atoms with Crippen LogP contribution in [0.15, 0.2) is 24.3 Å². The molecule has 1 fully saturated rings. The Bertz CT molecular complexity index is 566. The maximum Gasteiger partial charge on any atom is 0.306 e. The minimum absolute atomic E-state index is 0.128. The number of esters is 1. The molecule has 0 saturated carbocycles. The van der Waals surface area contributed by atoms with Crippen LogP contribution in [0.4, 0.5) is 4.39 Å². The standard InChI is InChI=1S/C12H13FO5S/c1-19(15,16)17-7-11-10(6-12(14)18-11)8-2-4-9(13)5-3-8/h2-5,10-11H,6-7H2,1H3/t10-,11-/m0/s1. The maximum atomic E-state index is 12.8. The largest absolute Gasteiger partial charge is 0.459 e. The Morgan fingerprint density at radius 1 is 1.37 bits per heavy atom. The Kier molecular flexibility index (Phi) is 3.86. The van der Waals surface area contributed by atoms with Crippen LogP contribution >= 0.6 is 0 Å². The Morgan fingerprint density at radius 2 is 2.00 bits per heavy atom. The van der Waals surface area contributed by atoms with Crippen LogP contribution < -0.4 is 0 Å². The molecule has 1 saturated heterocycles. The van der Waals surface area contributed by atoms with E-state index in [0.29, 0.717) is 5.56 Å². The molecule has 1 aromatic rings. The Morgan fingerprint density at radius 3 is 2.58 bits per heavy atom. The van der Waals surface area contributed by atoms with Crippen molar-refractivity contribution < 1.29 is 26.5 Å². The van der Waals surface area contributed by atoms with Gasteiger partial charge in [-0.1, -0.05) is 12.1 Å². The summed E-state index contributed by atoms with van der Waals surface area (Å²) in [6.45, 7) is -0.230. The van der Waals surface area contributed by atoms with Crippen LogP contribution in [-0.4, -0.2) is 33.4 Å². The van der Waals surface area contributed by atoms with E-state index in [1.165, 1.54) is 12.1 Å². The van der Waals surface area contributed by atoms with Crippen molar-refractivity contribution in [3.8, 4) is 0 Å². The number of rotatable bonds is 4. The fourth-order valence-electron chi connectivity index (χ4n) is 1.99. The van der Waals surface area contributed by atoms with Crippen molar-refractivity contribution in [3.63, 3.8) is 0 Å². The van der Waals surface area contributed by atoms with Gasteiger partial charge in [0.15, 0.2) is 0 Å². The first kappa shape index (κ1) is 14.0. The molecule has 5 nitrogen and oxygen atoms in total. The highest BCUT2D eigenvalue weighted by molar-refractivity contribution is 7.85. The van der Waals surface area contributed by atoms with Crippen molar-refractivity contribution in [1.29, 1.82) is 0 Å². The number of carbonyl (C=O) groups is 1. The average molecular weight is 288 g/mol. The van der Waals surface area contributed by atoms with Gasteiger partial charge in [0.2, 0.25) is 0 Å². The van der Waals surface area contributed by atoms with Gasteiger partial charge >= 0.3 is 5.97 Å². The lowest BCUT2D eigenvalue weighted by molar-refractivity contribution is -0.142. The Hall–Kier alpha value is -1.47. The summed E-state index contributed by atoms with van der Waals surface area (Å²) >= 11 is 0. The zero-order valence-electron chi connectivity index (χ0n) is 10.2. The minimum Gasteiger partial charge on any atom is -0.459 e. The molecule has 104 valence electrons. The van der Waals surface area contributed by atoms with Crippen molar-refractivity contribution in [2.75, 3.05) is 12.9 Å². The molecular weight excluding hydrogens is 275 g/mol. The van der Waals surface area contributed by atoms with Gasteiger partial charge in [0.1, 0.15) is 18.5 Å². The second kappa shape index (κ2) is 5.26. The monoisotopic (exact) mass is 288 g/mol. The minimum atomic E-state index is -3.59.